The van der Waals surface area contributed by atoms with Crippen molar-refractivity contribution < 1.29 is 14.3 Å². The summed E-state index contributed by atoms with van der Waals surface area (Å²) >= 11 is 20.9. The van der Waals surface area contributed by atoms with Gasteiger partial charge in [0, 0.05) is 10.0 Å². The van der Waals surface area contributed by atoms with Gasteiger partial charge in [-0.15, -0.1) is 0 Å². The molecule has 2 amide bonds. The van der Waals surface area contributed by atoms with E-state index in [4.69, 9.17) is 39.5 Å². The second kappa shape index (κ2) is 9.29. The topological polar surface area (TPSA) is 67.4 Å². The van der Waals surface area contributed by atoms with E-state index in [1.165, 1.54) is 6.07 Å². The minimum Gasteiger partial charge on any atom is -0.481 e. The molecular weight excluding hydrogens is 454 g/mol. The average molecular weight is 467 g/mol. The number of rotatable bonds is 5. The zero-order chi connectivity index (χ0) is 18.4. The molecule has 0 saturated heterocycles. The molecule has 0 unspecified atom stereocenters. The van der Waals surface area contributed by atoms with Gasteiger partial charge in [0.2, 0.25) is 5.91 Å². The van der Waals surface area contributed by atoms with Crippen LogP contribution in [0.25, 0.3) is 0 Å². The first-order chi connectivity index (χ1) is 11.8. The molecule has 0 spiro atoms. The highest BCUT2D eigenvalue weighted by Gasteiger charge is 2.12. The Labute approximate surface area is 167 Å². The zero-order valence-corrected chi connectivity index (χ0v) is 16.5. The first kappa shape index (κ1) is 19.8. The van der Waals surface area contributed by atoms with E-state index in [1.54, 1.807) is 30.3 Å². The van der Waals surface area contributed by atoms with Crippen molar-refractivity contribution in [3.63, 3.8) is 0 Å². The predicted molar refractivity (Wildman–Crippen MR) is 101 cm³/mol. The Bertz CT molecular complexity index is 762. The van der Waals surface area contributed by atoms with Gasteiger partial charge in [-0.05, 0) is 45.8 Å². The maximum atomic E-state index is 11.8. The van der Waals surface area contributed by atoms with Crippen molar-refractivity contribution in [2.24, 2.45) is 0 Å². The highest BCUT2D eigenvalue weighted by Crippen LogP contribution is 2.35. The fourth-order valence-corrected chi connectivity index (χ4v) is 3.31. The smallest absolute Gasteiger partial charge is 0.276 e. The fourth-order valence-electron chi connectivity index (χ4n) is 1.81. The van der Waals surface area contributed by atoms with E-state index >= 15 is 0 Å². The molecule has 0 aromatic heterocycles. The number of nitrogens with one attached hydrogen (secondary N) is 2. The van der Waals surface area contributed by atoms with Crippen LogP contribution in [0.2, 0.25) is 15.1 Å². The van der Waals surface area contributed by atoms with Gasteiger partial charge in [-0.2, -0.15) is 0 Å². The van der Waals surface area contributed by atoms with E-state index in [2.05, 4.69) is 26.8 Å². The third-order valence-corrected chi connectivity index (χ3v) is 4.27. The highest BCUT2D eigenvalue weighted by molar-refractivity contribution is 9.10. The van der Waals surface area contributed by atoms with Gasteiger partial charge in [0.1, 0.15) is 0 Å². The van der Waals surface area contributed by atoms with Crippen molar-refractivity contribution in [3.05, 3.63) is 61.5 Å². The largest absolute Gasteiger partial charge is 0.481 e. The molecule has 2 aromatic carbocycles. The maximum absolute atomic E-state index is 11.8. The van der Waals surface area contributed by atoms with Crippen molar-refractivity contribution in [2.45, 2.75) is 6.42 Å². The summed E-state index contributed by atoms with van der Waals surface area (Å²) in [6, 6.07) is 9.91. The van der Waals surface area contributed by atoms with Crippen LogP contribution in [0.4, 0.5) is 0 Å². The van der Waals surface area contributed by atoms with Gasteiger partial charge in [-0.1, -0.05) is 46.9 Å². The molecule has 0 aliphatic carbocycles. The molecule has 0 heterocycles. The monoisotopic (exact) mass is 464 g/mol. The van der Waals surface area contributed by atoms with Gasteiger partial charge in [-0.25, -0.2) is 0 Å². The van der Waals surface area contributed by atoms with E-state index in [-0.39, 0.29) is 29.7 Å². The molecule has 132 valence electrons. The number of hydrazine groups is 1. The molecule has 5 nitrogen and oxygen atoms in total. The summed E-state index contributed by atoms with van der Waals surface area (Å²) < 4.78 is 5.85. The summed E-state index contributed by atoms with van der Waals surface area (Å²) in [6.07, 6.45) is 0.104. The van der Waals surface area contributed by atoms with Crippen molar-refractivity contribution >= 4 is 62.5 Å². The van der Waals surface area contributed by atoms with Gasteiger partial charge in [0.15, 0.2) is 12.4 Å². The number of hydrogen-bond donors (Lipinski definition) is 2. The van der Waals surface area contributed by atoms with Gasteiger partial charge < -0.3 is 4.74 Å². The van der Waals surface area contributed by atoms with E-state index in [0.29, 0.717) is 14.5 Å². The van der Waals surface area contributed by atoms with Crippen LogP contribution in [0, 0.1) is 0 Å². The summed E-state index contributed by atoms with van der Waals surface area (Å²) in [5.41, 5.74) is 5.33. The predicted octanol–water partition coefficient (Wildman–Crippen LogP) is 4.18. The fraction of sp³-hybridized carbons (Fsp3) is 0.125. The summed E-state index contributed by atoms with van der Waals surface area (Å²) in [6.45, 7) is -0.332. The Morgan fingerprint density at radius 3 is 2.24 bits per heavy atom. The molecule has 25 heavy (non-hydrogen) atoms. The second-order valence-corrected chi connectivity index (χ2v) is 7.02. The molecule has 2 N–H and O–H groups in total. The molecule has 0 radical (unpaired) electrons. The molecule has 0 aliphatic heterocycles. The quantitative estimate of drug-likeness (QED) is 0.650. The number of carbonyl (C=O) groups excluding carboxylic acids is 2. The standard InChI is InChI=1S/C16H12BrCl3N2O3/c17-12-6-11(19)7-13(20)16(12)25-8-15(24)22-21-14(23)5-9-1-3-10(18)4-2-9/h1-4,6-7H,5,8H2,(H,21,23)(H,22,24). The third-order valence-electron chi connectivity index (χ3n) is 2.93. The van der Waals surface area contributed by atoms with Crippen LogP contribution in [0.15, 0.2) is 40.9 Å². The Balaban J connectivity index is 1.79. The Kier molecular flexibility index (Phi) is 7.38. The normalized spacial score (nSPS) is 10.2. The number of amides is 2. The molecule has 0 saturated carbocycles. The molecular formula is C16H12BrCl3N2O3. The highest BCUT2D eigenvalue weighted by atomic mass is 79.9. The summed E-state index contributed by atoms with van der Waals surface area (Å²) in [7, 11) is 0. The van der Waals surface area contributed by atoms with Crippen molar-refractivity contribution in [2.75, 3.05) is 6.61 Å². The van der Waals surface area contributed by atoms with E-state index in [9.17, 15) is 9.59 Å². The van der Waals surface area contributed by atoms with Gasteiger partial charge in [-0.3, -0.25) is 20.4 Å². The van der Waals surface area contributed by atoms with Crippen molar-refractivity contribution in [1.29, 1.82) is 0 Å². The molecule has 0 bridgehead atoms. The lowest BCUT2D eigenvalue weighted by Crippen LogP contribution is -2.44. The molecule has 2 aromatic rings. The first-order valence-electron chi connectivity index (χ1n) is 6.94. The average Bonchev–Trinajstić information content (AvgIpc) is 2.54. The van der Waals surface area contributed by atoms with Crippen molar-refractivity contribution in [3.8, 4) is 5.75 Å². The van der Waals surface area contributed by atoms with Crippen LogP contribution >= 0.6 is 50.7 Å². The maximum Gasteiger partial charge on any atom is 0.276 e. The van der Waals surface area contributed by atoms with Gasteiger partial charge in [0.25, 0.3) is 5.91 Å². The Morgan fingerprint density at radius 2 is 1.60 bits per heavy atom. The van der Waals surface area contributed by atoms with Crippen LogP contribution in [-0.2, 0) is 16.0 Å². The van der Waals surface area contributed by atoms with Crippen LogP contribution < -0.4 is 15.6 Å². The minimum atomic E-state index is -0.539. The van der Waals surface area contributed by atoms with Crippen LogP contribution in [0.3, 0.4) is 0 Å². The van der Waals surface area contributed by atoms with E-state index < -0.39 is 5.91 Å². The van der Waals surface area contributed by atoms with Crippen molar-refractivity contribution in [1.82, 2.24) is 10.9 Å². The van der Waals surface area contributed by atoms with Crippen LogP contribution in [-0.4, -0.2) is 18.4 Å². The molecule has 0 fully saturated rings. The van der Waals surface area contributed by atoms with Gasteiger partial charge >= 0.3 is 0 Å². The van der Waals surface area contributed by atoms with Crippen LogP contribution in [0.1, 0.15) is 5.56 Å². The Morgan fingerprint density at radius 1 is 0.960 bits per heavy atom. The molecule has 2 rings (SSSR count). The number of hydrogen-bond acceptors (Lipinski definition) is 3. The first-order valence-corrected chi connectivity index (χ1v) is 8.87. The Hall–Kier alpha value is -1.47. The SMILES string of the molecule is O=C(COc1c(Cl)cc(Cl)cc1Br)NNC(=O)Cc1ccc(Cl)cc1. The number of carbonyl (C=O) groups is 2. The van der Waals surface area contributed by atoms with Gasteiger partial charge in [0.05, 0.1) is 15.9 Å². The molecule has 9 heteroatoms. The third kappa shape index (κ3) is 6.40. The summed E-state index contributed by atoms with van der Waals surface area (Å²) in [5.74, 6) is -0.627. The number of ether oxygens (including phenoxy) is 1. The minimum absolute atomic E-state index is 0.104. The van der Waals surface area contributed by atoms with E-state index in [1.807, 2.05) is 0 Å². The second-order valence-electron chi connectivity index (χ2n) is 4.89. The number of halogens is 4. The summed E-state index contributed by atoms with van der Waals surface area (Å²) in [4.78, 5) is 23.5. The lowest BCUT2D eigenvalue weighted by atomic mass is 10.1. The molecule has 0 atom stereocenters. The molecule has 0 aliphatic rings. The zero-order valence-electron chi connectivity index (χ0n) is 12.6. The lowest BCUT2D eigenvalue weighted by molar-refractivity contribution is -0.129. The number of benzene rings is 2. The van der Waals surface area contributed by atoms with E-state index in [0.717, 1.165) is 5.56 Å². The summed E-state index contributed by atoms with van der Waals surface area (Å²) in [5, 5.41) is 1.28. The van der Waals surface area contributed by atoms with Crippen LogP contribution in [0.5, 0.6) is 5.75 Å². The lowest BCUT2D eigenvalue weighted by Gasteiger charge is -2.11.